The molecule has 0 aliphatic carbocycles. The van der Waals surface area contributed by atoms with Crippen molar-refractivity contribution in [3.8, 4) is 0 Å². The van der Waals surface area contributed by atoms with E-state index >= 15 is 0 Å². The molecule has 1 N–H and O–H groups in total. The summed E-state index contributed by atoms with van der Waals surface area (Å²) >= 11 is 0. The molecule has 0 fully saturated rings. The molecule has 0 aliphatic heterocycles. The molecular formula is C23H33NO7. The van der Waals surface area contributed by atoms with Crippen molar-refractivity contribution >= 4 is 24.3 Å². The summed E-state index contributed by atoms with van der Waals surface area (Å²) in [6, 6.07) is 7.60. The SMILES string of the molecule is CCOC(=O)[C@@H](NC(=O)OC(C)(C)C)[C@H](C=O)CCCCCOC(=O)c1ccccc1. The Morgan fingerprint density at radius 2 is 1.71 bits per heavy atom. The van der Waals surface area contributed by atoms with Crippen molar-refractivity contribution in [1.82, 2.24) is 5.32 Å². The highest BCUT2D eigenvalue weighted by Crippen LogP contribution is 2.15. The van der Waals surface area contributed by atoms with Crippen molar-refractivity contribution < 1.29 is 33.4 Å². The highest BCUT2D eigenvalue weighted by atomic mass is 16.6. The predicted molar refractivity (Wildman–Crippen MR) is 115 cm³/mol. The minimum absolute atomic E-state index is 0.129. The van der Waals surface area contributed by atoms with Crippen molar-refractivity contribution in [3.05, 3.63) is 35.9 Å². The molecule has 1 aromatic carbocycles. The Morgan fingerprint density at radius 3 is 2.29 bits per heavy atom. The molecule has 1 aromatic rings. The first-order valence-corrected chi connectivity index (χ1v) is 10.5. The van der Waals surface area contributed by atoms with Gasteiger partial charge in [0, 0.05) is 5.92 Å². The molecule has 0 saturated carbocycles. The lowest BCUT2D eigenvalue weighted by molar-refractivity contribution is -0.148. The molecule has 0 bridgehead atoms. The van der Waals surface area contributed by atoms with Gasteiger partial charge in [-0.25, -0.2) is 14.4 Å². The molecule has 8 nitrogen and oxygen atoms in total. The second kappa shape index (κ2) is 13.4. The number of amides is 1. The summed E-state index contributed by atoms with van der Waals surface area (Å²) in [5, 5.41) is 2.46. The minimum atomic E-state index is -1.12. The summed E-state index contributed by atoms with van der Waals surface area (Å²) in [7, 11) is 0. The molecule has 0 aliphatic rings. The molecule has 1 rings (SSSR count). The zero-order valence-corrected chi connectivity index (χ0v) is 18.7. The third-order valence-electron chi connectivity index (χ3n) is 4.24. The topological polar surface area (TPSA) is 108 Å². The van der Waals surface area contributed by atoms with E-state index in [-0.39, 0.29) is 19.2 Å². The number of aldehydes is 1. The Labute approximate surface area is 183 Å². The van der Waals surface area contributed by atoms with Crippen LogP contribution in [0, 0.1) is 5.92 Å². The second-order valence-electron chi connectivity index (χ2n) is 8.03. The van der Waals surface area contributed by atoms with E-state index in [1.165, 1.54) is 0 Å². The molecular weight excluding hydrogens is 402 g/mol. The van der Waals surface area contributed by atoms with E-state index in [0.717, 1.165) is 0 Å². The monoisotopic (exact) mass is 435 g/mol. The van der Waals surface area contributed by atoms with Crippen LogP contribution in [0.2, 0.25) is 0 Å². The van der Waals surface area contributed by atoms with Gasteiger partial charge in [0.25, 0.3) is 0 Å². The Hall–Kier alpha value is -2.90. The number of alkyl carbamates (subject to hydrolysis) is 1. The van der Waals surface area contributed by atoms with Crippen LogP contribution in [-0.4, -0.2) is 49.2 Å². The van der Waals surface area contributed by atoms with E-state index < -0.39 is 29.6 Å². The van der Waals surface area contributed by atoms with Crippen LogP contribution in [0.25, 0.3) is 0 Å². The molecule has 0 spiro atoms. The number of carbonyl (C=O) groups excluding carboxylic acids is 4. The number of carbonyl (C=O) groups is 4. The maximum atomic E-state index is 12.3. The van der Waals surface area contributed by atoms with E-state index in [1.54, 1.807) is 52.0 Å². The predicted octanol–water partition coefficient (Wildman–Crippen LogP) is 3.68. The molecule has 8 heteroatoms. The van der Waals surface area contributed by atoms with Crippen molar-refractivity contribution in [2.24, 2.45) is 5.92 Å². The van der Waals surface area contributed by atoms with Crippen molar-refractivity contribution in [3.63, 3.8) is 0 Å². The summed E-state index contributed by atoms with van der Waals surface area (Å²) in [6.45, 7) is 7.14. The first kappa shape index (κ1) is 26.1. The van der Waals surface area contributed by atoms with E-state index in [0.29, 0.717) is 37.5 Å². The second-order valence-corrected chi connectivity index (χ2v) is 8.03. The van der Waals surface area contributed by atoms with Crippen molar-refractivity contribution in [2.75, 3.05) is 13.2 Å². The van der Waals surface area contributed by atoms with Crippen molar-refractivity contribution in [2.45, 2.75) is 65.0 Å². The number of nitrogens with one attached hydrogen (secondary N) is 1. The number of hydrogen-bond acceptors (Lipinski definition) is 7. The first-order valence-electron chi connectivity index (χ1n) is 10.5. The average molecular weight is 436 g/mol. The summed E-state index contributed by atoms with van der Waals surface area (Å²) in [4.78, 5) is 47.9. The summed E-state index contributed by atoms with van der Waals surface area (Å²) < 4.78 is 15.4. The molecule has 31 heavy (non-hydrogen) atoms. The van der Waals surface area contributed by atoms with Crippen molar-refractivity contribution in [1.29, 1.82) is 0 Å². The Bertz CT molecular complexity index is 712. The standard InChI is InChI=1S/C23H33NO7/c1-5-29-21(27)19(24-22(28)31-23(2,3)4)18(16-25)14-10-7-11-15-30-20(26)17-12-8-6-9-13-17/h6,8-9,12-13,16,18-19H,5,7,10-11,14-15H2,1-4H3,(H,24,28)/t18-,19-/m0/s1. The van der Waals surface area contributed by atoms with Crippen LogP contribution >= 0.6 is 0 Å². The molecule has 2 atom stereocenters. The fourth-order valence-corrected chi connectivity index (χ4v) is 2.80. The number of rotatable bonds is 12. The smallest absolute Gasteiger partial charge is 0.408 e. The quantitative estimate of drug-likeness (QED) is 0.231. The van der Waals surface area contributed by atoms with Crippen LogP contribution in [0.15, 0.2) is 30.3 Å². The zero-order chi connectivity index (χ0) is 23.3. The molecule has 172 valence electrons. The number of hydrogen-bond donors (Lipinski definition) is 1. The Morgan fingerprint density at radius 1 is 1.03 bits per heavy atom. The Kier molecular flexibility index (Phi) is 11.3. The molecule has 1 amide bonds. The number of benzene rings is 1. The molecule has 0 saturated heterocycles. The van der Waals surface area contributed by atoms with Gasteiger partial charge in [0.1, 0.15) is 17.9 Å². The zero-order valence-electron chi connectivity index (χ0n) is 18.7. The maximum Gasteiger partial charge on any atom is 0.408 e. The fourth-order valence-electron chi connectivity index (χ4n) is 2.80. The van der Waals surface area contributed by atoms with E-state index in [2.05, 4.69) is 5.32 Å². The third kappa shape index (κ3) is 10.6. The highest BCUT2D eigenvalue weighted by Gasteiger charge is 2.32. The van der Waals surface area contributed by atoms with Crippen LogP contribution in [0.1, 0.15) is 63.7 Å². The normalized spacial score (nSPS) is 12.9. The van der Waals surface area contributed by atoms with Gasteiger partial charge >= 0.3 is 18.0 Å². The van der Waals surface area contributed by atoms with E-state index in [1.807, 2.05) is 6.07 Å². The number of unbranched alkanes of at least 4 members (excludes halogenated alkanes) is 2. The first-order chi connectivity index (χ1) is 14.7. The lowest BCUT2D eigenvalue weighted by Gasteiger charge is -2.25. The van der Waals surface area contributed by atoms with Gasteiger partial charge in [0.05, 0.1) is 18.8 Å². The van der Waals surface area contributed by atoms with Crippen LogP contribution in [0.5, 0.6) is 0 Å². The third-order valence-corrected chi connectivity index (χ3v) is 4.24. The minimum Gasteiger partial charge on any atom is -0.464 e. The van der Waals surface area contributed by atoms with Gasteiger partial charge in [-0.05, 0) is 52.7 Å². The van der Waals surface area contributed by atoms with Gasteiger partial charge in [-0.3, -0.25) is 0 Å². The molecule has 0 aromatic heterocycles. The molecule has 0 heterocycles. The lowest BCUT2D eigenvalue weighted by atomic mass is 9.94. The van der Waals surface area contributed by atoms with Gasteiger partial charge in [-0.15, -0.1) is 0 Å². The van der Waals surface area contributed by atoms with Crippen LogP contribution < -0.4 is 5.32 Å². The van der Waals surface area contributed by atoms with E-state index in [9.17, 15) is 19.2 Å². The Balaban J connectivity index is 2.49. The van der Waals surface area contributed by atoms with Gasteiger partial charge in [0.15, 0.2) is 0 Å². The lowest BCUT2D eigenvalue weighted by Crippen LogP contribution is -2.49. The highest BCUT2D eigenvalue weighted by molar-refractivity contribution is 5.89. The largest absolute Gasteiger partial charge is 0.464 e. The maximum absolute atomic E-state index is 12.3. The number of esters is 2. The fraction of sp³-hybridized carbons (Fsp3) is 0.565. The summed E-state index contributed by atoms with van der Waals surface area (Å²) in [5.41, 5.74) is -0.244. The number of ether oxygens (including phenoxy) is 3. The van der Waals surface area contributed by atoms with Crippen LogP contribution in [0.4, 0.5) is 4.79 Å². The molecule has 0 unspecified atom stereocenters. The van der Waals surface area contributed by atoms with Gasteiger partial charge in [-0.2, -0.15) is 0 Å². The van der Waals surface area contributed by atoms with Gasteiger partial charge in [-0.1, -0.05) is 31.0 Å². The van der Waals surface area contributed by atoms with E-state index in [4.69, 9.17) is 14.2 Å². The van der Waals surface area contributed by atoms with Gasteiger partial charge < -0.3 is 24.3 Å². The summed E-state index contributed by atoms with van der Waals surface area (Å²) in [5.74, 6) is -1.81. The van der Waals surface area contributed by atoms with Crippen LogP contribution in [0.3, 0.4) is 0 Å². The van der Waals surface area contributed by atoms with Crippen LogP contribution in [-0.2, 0) is 23.8 Å². The molecule has 0 radical (unpaired) electrons. The summed E-state index contributed by atoms with van der Waals surface area (Å²) in [6.07, 6.45) is 2.15. The average Bonchev–Trinajstić information content (AvgIpc) is 2.71. The van der Waals surface area contributed by atoms with Gasteiger partial charge in [0.2, 0.25) is 0 Å².